The van der Waals surface area contributed by atoms with E-state index in [-0.39, 0.29) is 0 Å². The second-order valence-electron chi connectivity index (χ2n) is 3.93. The summed E-state index contributed by atoms with van der Waals surface area (Å²) in [6, 6.07) is 6.91. The largest absolute Gasteiger partial charge is 0.465 e. The number of hydrogen-bond acceptors (Lipinski definition) is 4. The first-order valence-electron chi connectivity index (χ1n) is 6.21. The molecule has 102 valence electrons. The quantitative estimate of drug-likeness (QED) is 0.449. The Morgan fingerprint density at radius 3 is 2.68 bits per heavy atom. The van der Waals surface area contributed by atoms with E-state index in [0.717, 1.165) is 12.8 Å². The van der Waals surface area contributed by atoms with Crippen molar-refractivity contribution in [2.24, 2.45) is 0 Å². The smallest absolute Gasteiger partial charge is 0.338 e. The van der Waals surface area contributed by atoms with E-state index in [1.54, 1.807) is 30.3 Å². The highest BCUT2D eigenvalue weighted by Gasteiger charge is 2.08. The molecule has 0 amide bonds. The fourth-order valence-electron chi connectivity index (χ4n) is 1.46. The molecule has 0 saturated carbocycles. The summed E-state index contributed by atoms with van der Waals surface area (Å²) in [5, 5.41) is 0. The molecule has 0 aliphatic heterocycles. The van der Waals surface area contributed by atoms with Gasteiger partial charge in [-0.15, -0.1) is 0 Å². The summed E-state index contributed by atoms with van der Waals surface area (Å²) in [7, 11) is 1.32. The lowest BCUT2D eigenvalue weighted by Crippen LogP contribution is -2.04. The third kappa shape index (κ3) is 4.95. The number of carbonyl (C=O) groups excluding carboxylic acids is 2. The van der Waals surface area contributed by atoms with E-state index in [1.165, 1.54) is 13.2 Å². The number of ether oxygens (including phenoxy) is 2. The van der Waals surface area contributed by atoms with E-state index in [0.29, 0.717) is 17.7 Å². The minimum absolute atomic E-state index is 0.409. The van der Waals surface area contributed by atoms with Crippen LogP contribution < -0.4 is 0 Å². The van der Waals surface area contributed by atoms with E-state index < -0.39 is 11.9 Å². The van der Waals surface area contributed by atoms with Gasteiger partial charge >= 0.3 is 11.9 Å². The van der Waals surface area contributed by atoms with Gasteiger partial charge in [-0.1, -0.05) is 31.5 Å². The van der Waals surface area contributed by atoms with Gasteiger partial charge in [0, 0.05) is 6.08 Å². The molecule has 0 aromatic heterocycles. The van der Waals surface area contributed by atoms with Crippen LogP contribution in [-0.2, 0) is 14.3 Å². The zero-order valence-corrected chi connectivity index (χ0v) is 11.2. The Morgan fingerprint density at radius 2 is 2.00 bits per heavy atom. The molecule has 0 aliphatic carbocycles. The normalized spacial score (nSPS) is 10.4. The highest BCUT2D eigenvalue weighted by molar-refractivity contribution is 5.95. The Hall–Kier alpha value is -2.10. The predicted molar refractivity (Wildman–Crippen MR) is 72.7 cm³/mol. The second-order valence-corrected chi connectivity index (χ2v) is 3.93. The van der Waals surface area contributed by atoms with Crippen LogP contribution in [0.5, 0.6) is 0 Å². The summed E-state index contributed by atoms with van der Waals surface area (Å²) in [6.45, 7) is 2.44. The molecule has 0 unspecified atom stereocenters. The van der Waals surface area contributed by atoms with Gasteiger partial charge in [-0.2, -0.15) is 0 Å². The molecule has 0 saturated heterocycles. The number of unbranched alkanes of at least 4 members (excludes halogenated alkanes) is 1. The number of hydrogen-bond donors (Lipinski definition) is 0. The van der Waals surface area contributed by atoms with Gasteiger partial charge in [-0.05, 0) is 24.1 Å². The Kier molecular flexibility index (Phi) is 6.36. The molecule has 0 radical (unpaired) electrons. The lowest BCUT2D eigenvalue weighted by Gasteiger charge is -2.03. The molecule has 0 spiro atoms. The molecule has 1 aromatic carbocycles. The van der Waals surface area contributed by atoms with Crippen molar-refractivity contribution in [3.63, 3.8) is 0 Å². The van der Waals surface area contributed by atoms with Crippen molar-refractivity contribution in [1.82, 2.24) is 0 Å². The first-order chi connectivity index (χ1) is 9.19. The molecule has 1 aromatic rings. The van der Waals surface area contributed by atoms with Gasteiger partial charge in [0.05, 0.1) is 19.3 Å². The molecule has 4 nitrogen and oxygen atoms in total. The average molecular weight is 262 g/mol. The predicted octanol–water partition coefficient (Wildman–Crippen LogP) is 2.83. The molecule has 4 heteroatoms. The van der Waals surface area contributed by atoms with Crippen LogP contribution in [0.2, 0.25) is 0 Å². The van der Waals surface area contributed by atoms with Crippen molar-refractivity contribution >= 4 is 18.0 Å². The van der Waals surface area contributed by atoms with Gasteiger partial charge in [-0.3, -0.25) is 0 Å². The zero-order valence-electron chi connectivity index (χ0n) is 11.2. The monoisotopic (exact) mass is 262 g/mol. The van der Waals surface area contributed by atoms with Crippen LogP contribution in [-0.4, -0.2) is 25.7 Å². The molecule has 0 heterocycles. The van der Waals surface area contributed by atoms with Crippen molar-refractivity contribution < 1.29 is 19.1 Å². The van der Waals surface area contributed by atoms with E-state index in [9.17, 15) is 9.59 Å². The third-order valence-corrected chi connectivity index (χ3v) is 2.51. The zero-order chi connectivity index (χ0) is 14.1. The fourth-order valence-corrected chi connectivity index (χ4v) is 1.46. The minimum atomic E-state index is -0.431. The number of rotatable bonds is 6. The molecule has 0 bridgehead atoms. The summed E-state index contributed by atoms with van der Waals surface area (Å²) in [5.74, 6) is -0.840. The Morgan fingerprint density at radius 1 is 1.26 bits per heavy atom. The summed E-state index contributed by atoms with van der Waals surface area (Å²) in [6.07, 6.45) is 4.69. The first kappa shape index (κ1) is 15.0. The van der Waals surface area contributed by atoms with Crippen LogP contribution in [0.1, 0.15) is 35.7 Å². The van der Waals surface area contributed by atoms with Crippen molar-refractivity contribution in [1.29, 1.82) is 0 Å². The number of carbonyl (C=O) groups is 2. The van der Waals surface area contributed by atoms with Gasteiger partial charge in [0.15, 0.2) is 0 Å². The maximum absolute atomic E-state index is 11.5. The second kappa shape index (κ2) is 8.08. The van der Waals surface area contributed by atoms with Crippen LogP contribution in [0.15, 0.2) is 30.3 Å². The van der Waals surface area contributed by atoms with Crippen LogP contribution in [0.4, 0.5) is 0 Å². The highest BCUT2D eigenvalue weighted by atomic mass is 16.5. The standard InChI is InChI=1S/C15H18O4/c1-3-4-11-19-14(16)10-9-12-7-5-6-8-13(12)15(17)18-2/h5-10H,3-4,11H2,1-2H3/b10-9+. The maximum atomic E-state index is 11.5. The fraction of sp³-hybridized carbons (Fsp3) is 0.333. The van der Waals surface area contributed by atoms with Crippen LogP contribution in [0.25, 0.3) is 6.08 Å². The number of benzene rings is 1. The summed E-state index contributed by atoms with van der Waals surface area (Å²) in [4.78, 5) is 22.9. The van der Waals surface area contributed by atoms with Crippen LogP contribution in [0.3, 0.4) is 0 Å². The van der Waals surface area contributed by atoms with Gasteiger partial charge in [0.25, 0.3) is 0 Å². The summed E-state index contributed by atoms with van der Waals surface area (Å²) < 4.78 is 9.66. The molecular formula is C15H18O4. The summed E-state index contributed by atoms with van der Waals surface area (Å²) in [5.41, 5.74) is 1.05. The Balaban J connectivity index is 2.71. The topological polar surface area (TPSA) is 52.6 Å². The highest BCUT2D eigenvalue weighted by Crippen LogP contribution is 2.12. The number of esters is 2. The summed E-state index contributed by atoms with van der Waals surface area (Å²) >= 11 is 0. The van der Waals surface area contributed by atoms with Crippen molar-refractivity contribution in [2.45, 2.75) is 19.8 Å². The van der Waals surface area contributed by atoms with Gasteiger partial charge in [-0.25, -0.2) is 9.59 Å². The molecule has 0 fully saturated rings. The average Bonchev–Trinajstić information content (AvgIpc) is 2.45. The molecule has 19 heavy (non-hydrogen) atoms. The Labute approximate surface area is 113 Å². The van der Waals surface area contributed by atoms with Crippen LogP contribution >= 0.6 is 0 Å². The lowest BCUT2D eigenvalue weighted by molar-refractivity contribution is -0.137. The molecular weight excluding hydrogens is 244 g/mol. The molecule has 0 atom stereocenters. The molecule has 1 rings (SSSR count). The maximum Gasteiger partial charge on any atom is 0.338 e. The third-order valence-electron chi connectivity index (χ3n) is 2.51. The van der Waals surface area contributed by atoms with Gasteiger partial charge < -0.3 is 9.47 Å². The van der Waals surface area contributed by atoms with Gasteiger partial charge in [0.2, 0.25) is 0 Å². The van der Waals surface area contributed by atoms with Gasteiger partial charge in [0.1, 0.15) is 0 Å². The van der Waals surface area contributed by atoms with Crippen LogP contribution in [0, 0.1) is 0 Å². The van der Waals surface area contributed by atoms with Crippen molar-refractivity contribution in [3.8, 4) is 0 Å². The minimum Gasteiger partial charge on any atom is -0.465 e. The Bertz CT molecular complexity index is 463. The number of methoxy groups -OCH3 is 1. The molecule has 0 aliphatic rings. The van der Waals surface area contributed by atoms with Crippen molar-refractivity contribution in [2.75, 3.05) is 13.7 Å². The first-order valence-corrected chi connectivity index (χ1v) is 6.21. The molecule has 0 N–H and O–H groups in total. The van der Waals surface area contributed by atoms with E-state index in [1.807, 2.05) is 6.92 Å². The van der Waals surface area contributed by atoms with E-state index in [4.69, 9.17) is 4.74 Å². The van der Waals surface area contributed by atoms with Crippen molar-refractivity contribution in [3.05, 3.63) is 41.5 Å². The van der Waals surface area contributed by atoms with E-state index >= 15 is 0 Å². The SMILES string of the molecule is CCCCOC(=O)/C=C/c1ccccc1C(=O)OC. The van der Waals surface area contributed by atoms with E-state index in [2.05, 4.69) is 4.74 Å². The lowest BCUT2D eigenvalue weighted by atomic mass is 10.1.